The highest BCUT2D eigenvalue weighted by atomic mass is 79.9. The van der Waals surface area contributed by atoms with Gasteiger partial charge in [-0.25, -0.2) is 0 Å². The zero-order chi connectivity index (χ0) is 28.2. The summed E-state index contributed by atoms with van der Waals surface area (Å²) in [6.45, 7) is 0. The lowest BCUT2D eigenvalue weighted by atomic mass is 10.1. The molecule has 10 nitrogen and oxygen atoms in total. The first kappa shape index (κ1) is 27.3. The maximum Gasteiger partial charge on any atom is 0.339 e. The normalized spacial score (nSPS) is 11.5. The molecule has 1 N–H and O–H groups in total. The highest BCUT2D eigenvalue weighted by Crippen LogP contribution is 2.39. The van der Waals surface area contributed by atoms with E-state index in [2.05, 4.69) is 21.2 Å². The van der Waals surface area contributed by atoms with Crippen molar-refractivity contribution in [3.05, 3.63) is 105 Å². The summed E-state index contributed by atoms with van der Waals surface area (Å²) >= 11 is 3.25. The van der Waals surface area contributed by atoms with Gasteiger partial charge in [-0.2, -0.15) is 13.7 Å². The lowest BCUT2D eigenvalue weighted by molar-refractivity contribution is -0.384. The third kappa shape index (κ3) is 6.06. The molecule has 0 unspecified atom stereocenters. The first-order valence-corrected chi connectivity index (χ1v) is 13.3. The number of anilines is 1. The second kappa shape index (κ2) is 11.3. The van der Waals surface area contributed by atoms with Gasteiger partial charge in [0.25, 0.3) is 11.6 Å². The summed E-state index contributed by atoms with van der Waals surface area (Å²) in [6, 6.07) is 21.8. The number of carbonyl (C=O) groups is 1. The Hall–Kier alpha value is -4.73. The van der Waals surface area contributed by atoms with Crippen molar-refractivity contribution in [3.8, 4) is 17.6 Å². The van der Waals surface area contributed by atoms with E-state index in [0.717, 1.165) is 35.0 Å². The molecule has 0 saturated heterocycles. The van der Waals surface area contributed by atoms with Gasteiger partial charge >= 0.3 is 10.1 Å². The average Bonchev–Trinajstić information content (AvgIpc) is 2.93. The number of nitrogens with one attached hydrogen (secondary N) is 1. The minimum absolute atomic E-state index is 0.00661. The van der Waals surface area contributed by atoms with Crippen LogP contribution in [0.25, 0.3) is 16.8 Å². The van der Waals surface area contributed by atoms with E-state index in [4.69, 9.17) is 8.92 Å². The lowest BCUT2D eigenvalue weighted by Crippen LogP contribution is -2.13. The molecule has 39 heavy (non-hydrogen) atoms. The molecular weight excluding hydrogens is 590 g/mol. The van der Waals surface area contributed by atoms with Gasteiger partial charge in [0.05, 0.1) is 16.5 Å². The van der Waals surface area contributed by atoms with Crippen molar-refractivity contribution >= 4 is 60.2 Å². The number of methoxy groups -OCH3 is 1. The number of amides is 1. The van der Waals surface area contributed by atoms with E-state index in [0.29, 0.717) is 11.3 Å². The predicted octanol–water partition coefficient (Wildman–Crippen LogP) is 5.83. The number of rotatable bonds is 8. The Balaban J connectivity index is 1.62. The van der Waals surface area contributed by atoms with Gasteiger partial charge < -0.3 is 14.2 Å². The molecule has 0 bridgehead atoms. The van der Waals surface area contributed by atoms with E-state index in [1.54, 1.807) is 12.1 Å². The number of benzene rings is 4. The van der Waals surface area contributed by atoms with Gasteiger partial charge in [-0.05, 0) is 63.3 Å². The number of non-ortho nitro benzene ring substituents is 1. The highest BCUT2D eigenvalue weighted by Gasteiger charge is 2.23. The maximum atomic E-state index is 12.9. The number of ether oxygens (including phenoxy) is 1. The Labute approximate surface area is 231 Å². The fraction of sp³-hybridized carbons (Fsp3) is 0.0370. The number of halogens is 1. The molecule has 0 aliphatic heterocycles. The zero-order valence-corrected chi connectivity index (χ0v) is 22.5. The smallest absolute Gasteiger partial charge is 0.339 e. The van der Waals surface area contributed by atoms with Crippen LogP contribution in [-0.2, 0) is 14.9 Å². The number of nitro groups is 1. The number of hydrogen-bond donors (Lipinski definition) is 1. The van der Waals surface area contributed by atoms with Crippen LogP contribution in [0.2, 0.25) is 0 Å². The second-order valence-electron chi connectivity index (χ2n) is 7.97. The standard InChI is InChI=1S/C27H18BrN3O7S/c1-37-25-15-17(13-19(16-29)27(32)30-24-8-4-6-18-5-2-3-7-22(18)24)14-23(28)26(25)38-39(35,36)21-11-9-20(10-12-21)31(33)34/h2-15H,1H3,(H,30,32)/b19-13+. The SMILES string of the molecule is COc1cc(/C=C(\C#N)C(=O)Nc2cccc3ccccc23)cc(Br)c1OS(=O)(=O)c1ccc([N+](=O)[O-])cc1. The van der Waals surface area contributed by atoms with Crippen molar-refractivity contribution in [1.82, 2.24) is 0 Å². The molecule has 0 aliphatic carbocycles. The molecule has 1 amide bonds. The van der Waals surface area contributed by atoms with Crippen LogP contribution in [0, 0.1) is 21.4 Å². The third-order valence-corrected chi connectivity index (χ3v) is 7.32. The Bertz CT molecular complexity index is 1770. The number of nitriles is 1. The number of hydrogen-bond acceptors (Lipinski definition) is 8. The molecule has 0 heterocycles. The van der Waals surface area contributed by atoms with Gasteiger partial charge in [-0.3, -0.25) is 14.9 Å². The van der Waals surface area contributed by atoms with Crippen LogP contribution in [0.5, 0.6) is 11.5 Å². The summed E-state index contributed by atoms with van der Waals surface area (Å²) in [5, 5.41) is 25.0. The molecule has 4 aromatic rings. The van der Waals surface area contributed by atoms with Gasteiger partial charge in [0, 0.05) is 23.2 Å². The lowest BCUT2D eigenvalue weighted by Gasteiger charge is -2.13. The molecule has 4 rings (SSSR count). The van der Waals surface area contributed by atoms with Crippen LogP contribution in [-0.4, -0.2) is 26.4 Å². The van der Waals surface area contributed by atoms with Crippen molar-refractivity contribution in [2.45, 2.75) is 4.90 Å². The molecule has 0 spiro atoms. The van der Waals surface area contributed by atoms with Crippen molar-refractivity contribution in [2.75, 3.05) is 12.4 Å². The Morgan fingerprint density at radius 1 is 1.08 bits per heavy atom. The van der Waals surface area contributed by atoms with E-state index in [-0.39, 0.29) is 32.1 Å². The minimum Gasteiger partial charge on any atom is -0.493 e. The number of nitrogens with zero attached hydrogens (tertiary/aromatic N) is 2. The molecular formula is C27H18BrN3O7S. The molecule has 12 heteroatoms. The van der Waals surface area contributed by atoms with Crippen molar-refractivity contribution < 1.29 is 27.1 Å². The average molecular weight is 608 g/mol. The van der Waals surface area contributed by atoms with E-state index in [1.807, 2.05) is 36.4 Å². The molecule has 4 aromatic carbocycles. The molecule has 196 valence electrons. The molecule has 0 radical (unpaired) electrons. The predicted molar refractivity (Wildman–Crippen MR) is 148 cm³/mol. The summed E-state index contributed by atoms with van der Waals surface area (Å²) in [7, 11) is -3.09. The van der Waals surface area contributed by atoms with Gasteiger partial charge in [0.15, 0.2) is 11.5 Å². The summed E-state index contributed by atoms with van der Waals surface area (Å²) in [6.07, 6.45) is 1.32. The molecule has 0 aromatic heterocycles. The zero-order valence-electron chi connectivity index (χ0n) is 20.1. The highest BCUT2D eigenvalue weighted by molar-refractivity contribution is 9.10. The van der Waals surface area contributed by atoms with Crippen molar-refractivity contribution in [2.24, 2.45) is 0 Å². The van der Waals surface area contributed by atoms with Crippen LogP contribution in [0.3, 0.4) is 0 Å². The number of fused-ring (bicyclic) bond motifs is 1. The van der Waals surface area contributed by atoms with Gasteiger partial charge in [0.2, 0.25) is 0 Å². The fourth-order valence-electron chi connectivity index (χ4n) is 3.64. The number of nitro benzene ring substituents is 1. The van der Waals surface area contributed by atoms with Crippen LogP contribution >= 0.6 is 15.9 Å². The quantitative estimate of drug-likeness (QED) is 0.0863. The third-order valence-electron chi connectivity index (χ3n) is 5.49. The van der Waals surface area contributed by atoms with Gasteiger partial charge in [-0.1, -0.05) is 36.4 Å². The summed E-state index contributed by atoms with van der Waals surface area (Å²) < 4.78 is 36.3. The van der Waals surface area contributed by atoms with E-state index in [1.165, 1.54) is 25.3 Å². The van der Waals surface area contributed by atoms with Crippen molar-refractivity contribution in [1.29, 1.82) is 5.26 Å². The molecule has 0 aliphatic rings. The monoisotopic (exact) mass is 607 g/mol. The Morgan fingerprint density at radius 2 is 1.77 bits per heavy atom. The van der Waals surface area contributed by atoms with Crippen LogP contribution in [0.4, 0.5) is 11.4 Å². The topological polar surface area (TPSA) is 149 Å². The van der Waals surface area contributed by atoms with Gasteiger partial charge in [-0.15, -0.1) is 0 Å². The Kier molecular flexibility index (Phi) is 7.94. The van der Waals surface area contributed by atoms with Crippen LogP contribution in [0.15, 0.2) is 93.8 Å². The van der Waals surface area contributed by atoms with E-state index < -0.39 is 20.9 Å². The largest absolute Gasteiger partial charge is 0.493 e. The van der Waals surface area contributed by atoms with Crippen LogP contribution < -0.4 is 14.2 Å². The van der Waals surface area contributed by atoms with Crippen LogP contribution in [0.1, 0.15) is 5.56 Å². The number of carbonyl (C=O) groups excluding carboxylic acids is 1. The minimum atomic E-state index is -4.38. The molecule has 0 fully saturated rings. The molecule has 0 saturated carbocycles. The van der Waals surface area contributed by atoms with Gasteiger partial charge in [0.1, 0.15) is 16.5 Å². The van der Waals surface area contributed by atoms with E-state index in [9.17, 15) is 28.6 Å². The first-order valence-electron chi connectivity index (χ1n) is 11.1. The van der Waals surface area contributed by atoms with Crippen molar-refractivity contribution in [3.63, 3.8) is 0 Å². The fourth-order valence-corrected chi connectivity index (χ4v) is 5.24. The summed E-state index contributed by atoms with van der Waals surface area (Å²) in [4.78, 5) is 22.8. The van der Waals surface area contributed by atoms with E-state index >= 15 is 0 Å². The first-order chi connectivity index (χ1) is 18.6. The summed E-state index contributed by atoms with van der Waals surface area (Å²) in [5.41, 5.74) is 0.410. The Morgan fingerprint density at radius 3 is 2.44 bits per heavy atom. The second-order valence-corrected chi connectivity index (χ2v) is 10.4. The maximum absolute atomic E-state index is 12.9. The molecule has 0 atom stereocenters. The summed E-state index contributed by atoms with van der Waals surface area (Å²) in [5.74, 6) is -0.829.